The maximum Gasteiger partial charge on any atom is 0.303 e. The normalized spacial score (nSPS) is 31.7. The second kappa shape index (κ2) is 8.83. The van der Waals surface area contributed by atoms with Crippen LogP contribution in [0.4, 0.5) is 4.39 Å². The standard InChI is InChI=1S/C30H34FNO5/c1-28(13-11-25(33)34)22-17-29(19-36-26(22)20-7-2-5-10-24(20)37-28)12-6-16-32(18-29)27(35)30(14-15-30)21-8-3-4-9-23(21)31/h2-5,7-10,22,26H,6,11-19H2,1H3,(H,33,34)/t22-,26+,28-,29-/m1/s1. The molecule has 196 valence electrons. The van der Waals surface area contributed by atoms with E-state index in [4.69, 9.17) is 9.47 Å². The zero-order valence-electron chi connectivity index (χ0n) is 21.2. The summed E-state index contributed by atoms with van der Waals surface area (Å²) in [5.74, 6) is -0.404. The monoisotopic (exact) mass is 507 g/mol. The van der Waals surface area contributed by atoms with Crippen LogP contribution in [0.2, 0.25) is 0 Å². The molecule has 6 rings (SSSR count). The van der Waals surface area contributed by atoms with Crippen LogP contribution >= 0.6 is 0 Å². The molecule has 3 heterocycles. The van der Waals surface area contributed by atoms with Gasteiger partial charge >= 0.3 is 5.97 Å². The van der Waals surface area contributed by atoms with Crippen molar-refractivity contribution in [3.63, 3.8) is 0 Å². The molecule has 1 amide bonds. The molecule has 37 heavy (non-hydrogen) atoms. The number of nitrogens with zero attached hydrogens (tertiary/aromatic N) is 1. The Kier molecular flexibility index (Phi) is 5.82. The molecule has 2 aromatic rings. The lowest BCUT2D eigenvalue weighted by Gasteiger charge is -2.55. The van der Waals surface area contributed by atoms with Gasteiger partial charge in [-0.3, -0.25) is 9.59 Å². The number of ether oxygens (including phenoxy) is 2. The summed E-state index contributed by atoms with van der Waals surface area (Å²) >= 11 is 0. The number of fused-ring (bicyclic) bond motifs is 3. The third-order valence-electron chi connectivity index (χ3n) is 9.27. The summed E-state index contributed by atoms with van der Waals surface area (Å²) in [6.07, 6.45) is 4.17. The average Bonchev–Trinajstić information content (AvgIpc) is 3.70. The van der Waals surface area contributed by atoms with Gasteiger partial charge in [0, 0.05) is 42.0 Å². The Morgan fingerprint density at radius 3 is 2.62 bits per heavy atom. The Labute approximate surface area is 216 Å². The number of para-hydroxylation sites is 1. The van der Waals surface area contributed by atoms with Crippen LogP contribution in [0.3, 0.4) is 0 Å². The minimum atomic E-state index is -0.844. The van der Waals surface area contributed by atoms with Crippen LogP contribution in [0.1, 0.15) is 69.1 Å². The number of carbonyl (C=O) groups is 2. The Morgan fingerprint density at radius 2 is 1.86 bits per heavy atom. The quantitative estimate of drug-likeness (QED) is 0.598. The summed E-state index contributed by atoms with van der Waals surface area (Å²) in [4.78, 5) is 27.3. The smallest absolute Gasteiger partial charge is 0.303 e. The second-order valence-corrected chi connectivity index (χ2v) is 11.8. The molecular formula is C30H34FNO5. The molecule has 1 aliphatic carbocycles. The molecule has 3 aliphatic heterocycles. The molecule has 6 nitrogen and oxygen atoms in total. The maximum absolute atomic E-state index is 14.7. The number of piperidine rings is 1. The molecule has 1 N–H and O–H groups in total. The zero-order valence-corrected chi connectivity index (χ0v) is 21.2. The van der Waals surface area contributed by atoms with Gasteiger partial charge in [0.15, 0.2) is 0 Å². The Hall–Kier alpha value is -2.93. The second-order valence-electron chi connectivity index (χ2n) is 11.8. The molecule has 4 aliphatic rings. The molecular weight excluding hydrogens is 473 g/mol. The van der Waals surface area contributed by atoms with Gasteiger partial charge in [0.2, 0.25) is 5.91 Å². The zero-order chi connectivity index (χ0) is 25.8. The highest BCUT2D eigenvalue weighted by Gasteiger charge is 2.58. The van der Waals surface area contributed by atoms with E-state index in [9.17, 15) is 19.1 Å². The molecule has 2 aromatic carbocycles. The van der Waals surface area contributed by atoms with Crippen LogP contribution in [0.15, 0.2) is 48.5 Å². The largest absolute Gasteiger partial charge is 0.487 e. The third-order valence-corrected chi connectivity index (χ3v) is 9.27. The number of carboxylic acids is 1. The van der Waals surface area contributed by atoms with Gasteiger partial charge in [0.05, 0.1) is 18.1 Å². The topological polar surface area (TPSA) is 76.1 Å². The summed E-state index contributed by atoms with van der Waals surface area (Å²) in [6, 6.07) is 14.5. The van der Waals surface area contributed by atoms with Crippen LogP contribution < -0.4 is 4.74 Å². The van der Waals surface area contributed by atoms with Crippen molar-refractivity contribution >= 4 is 11.9 Å². The van der Waals surface area contributed by atoms with Crippen molar-refractivity contribution in [2.24, 2.45) is 11.3 Å². The van der Waals surface area contributed by atoms with E-state index < -0.39 is 17.0 Å². The molecule has 4 atom stereocenters. The highest BCUT2D eigenvalue weighted by Crippen LogP contribution is 2.57. The van der Waals surface area contributed by atoms with Gasteiger partial charge in [-0.1, -0.05) is 36.4 Å². The fraction of sp³-hybridized carbons (Fsp3) is 0.533. The van der Waals surface area contributed by atoms with Crippen LogP contribution in [0.5, 0.6) is 5.75 Å². The number of likely N-dealkylation sites (tertiary alicyclic amines) is 1. The van der Waals surface area contributed by atoms with Gasteiger partial charge in [0.25, 0.3) is 0 Å². The molecule has 0 radical (unpaired) electrons. The lowest BCUT2D eigenvalue weighted by Crippen LogP contribution is -2.58. The maximum atomic E-state index is 14.7. The van der Waals surface area contributed by atoms with E-state index >= 15 is 0 Å². The number of carbonyl (C=O) groups excluding carboxylic acids is 1. The lowest BCUT2D eigenvalue weighted by molar-refractivity contribution is -0.185. The van der Waals surface area contributed by atoms with Crippen molar-refractivity contribution in [1.82, 2.24) is 4.90 Å². The summed E-state index contributed by atoms with van der Waals surface area (Å²) in [5, 5.41) is 9.43. The Morgan fingerprint density at radius 1 is 1.11 bits per heavy atom. The van der Waals surface area contributed by atoms with E-state index in [2.05, 4.69) is 0 Å². The predicted molar refractivity (Wildman–Crippen MR) is 135 cm³/mol. The first-order chi connectivity index (χ1) is 17.8. The molecule has 1 saturated carbocycles. The van der Waals surface area contributed by atoms with Gasteiger partial charge in [-0.25, -0.2) is 4.39 Å². The van der Waals surface area contributed by atoms with E-state index in [1.807, 2.05) is 36.1 Å². The van der Waals surface area contributed by atoms with Crippen molar-refractivity contribution < 1.29 is 28.6 Å². The van der Waals surface area contributed by atoms with Crippen molar-refractivity contribution in [2.75, 3.05) is 19.7 Å². The fourth-order valence-corrected chi connectivity index (χ4v) is 7.13. The van der Waals surface area contributed by atoms with Gasteiger partial charge < -0.3 is 19.5 Å². The number of carboxylic acid groups (broad SMARTS) is 1. The number of halogens is 1. The van der Waals surface area contributed by atoms with Crippen LogP contribution in [0.25, 0.3) is 0 Å². The van der Waals surface area contributed by atoms with Gasteiger partial charge in [0.1, 0.15) is 17.2 Å². The molecule has 7 heteroatoms. The van der Waals surface area contributed by atoms with E-state index in [0.717, 1.165) is 30.6 Å². The van der Waals surface area contributed by atoms with Gasteiger partial charge in [-0.15, -0.1) is 0 Å². The summed E-state index contributed by atoms with van der Waals surface area (Å²) in [5.41, 5.74) is -0.152. The fourth-order valence-electron chi connectivity index (χ4n) is 7.13. The summed E-state index contributed by atoms with van der Waals surface area (Å²) in [7, 11) is 0. The van der Waals surface area contributed by atoms with Gasteiger partial charge in [-0.2, -0.15) is 0 Å². The molecule has 1 spiro atoms. The van der Waals surface area contributed by atoms with E-state index in [0.29, 0.717) is 44.5 Å². The Bertz CT molecular complexity index is 1230. The minimum absolute atomic E-state index is 0.0185. The summed E-state index contributed by atoms with van der Waals surface area (Å²) < 4.78 is 27.8. The molecule has 3 fully saturated rings. The van der Waals surface area contributed by atoms with Crippen LogP contribution in [0, 0.1) is 17.2 Å². The number of benzene rings is 2. The molecule has 0 bridgehead atoms. The first-order valence-electron chi connectivity index (χ1n) is 13.4. The number of amides is 1. The van der Waals surface area contributed by atoms with Crippen molar-refractivity contribution in [2.45, 2.75) is 69.0 Å². The lowest BCUT2D eigenvalue weighted by atomic mass is 9.64. The van der Waals surface area contributed by atoms with E-state index in [1.54, 1.807) is 18.2 Å². The van der Waals surface area contributed by atoms with E-state index in [-0.39, 0.29) is 35.6 Å². The first-order valence-corrected chi connectivity index (χ1v) is 13.4. The van der Waals surface area contributed by atoms with Gasteiger partial charge in [-0.05, 0) is 57.6 Å². The third kappa shape index (κ3) is 4.12. The number of rotatable bonds is 5. The minimum Gasteiger partial charge on any atom is -0.487 e. The van der Waals surface area contributed by atoms with Crippen LogP contribution in [-0.2, 0) is 19.7 Å². The highest BCUT2D eigenvalue weighted by atomic mass is 19.1. The molecule has 2 saturated heterocycles. The number of aliphatic carboxylic acids is 1. The van der Waals surface area contributed by atoms with Crippen molar-refractivity contribution in [1.29, 1.82) is 0 Å². The average molecular weight is 508 g/mol. The van der Waals surface area contributed by atoms with Crippen molar-refractivity contribution in [3.05, 3.63) is 65.5 Å². The Balaban J connectivity index is 1.27. The molecule has 0 unspecified atom stereocenters. The van der Waals surface area contributed by atoms with Crippen LogP contribution in [-0.4, -0.2) is 47.2 Å². The number of hydrogen-bond acceptors (Lipinski definition) is 4. The SMILES string of the molecule is C[C@]1(CCC(=O)O)Oc2ccccc2[C@@H]2OC[C@]3(CCCN(C(=O)C4(c5ccccc5F)CC4)C3)C[C@H]21. The number of hydrogen-bond donors (Lipinski definition) is 1. The van der Waals surface area contributed by atoms with E-state index in [1.165, 1.54) is 6.07 Å². The first kappa shape index (κ1) is 24.4. The predicted octanol–water partition coefficient (Wildman–Crippen LogP) is 5.26. The molecule has 0 aromatic heterocycles. The summed E-state index contributed by atoms with van der Waals surface area (Å²) in [6.45, 7) is 3.78. The highest BCUT2D eigenvalue weighted by molar-refractivity contribution is 5.91. The van der Waals surface area contributed by atoms with Crippen molar-refractivity contribution in [3.8, 4) is 5.75 Å².